The van der Waals surface area contributed by atoms with E-state index in [1.807, 2.05) is 6.92 Å². The number of hydrogen-bond acceptors (Lipinski definition) is 4. The summed E-state index contributed by atoms with van der Waals surface area (Å²) < 4.78 is 10.9. The third kappa shape index (κ3) is 2.29. The first kappa shape index (κ1) is 15.3. The predicted molar refractivity (Wildman–Crippen MR) is 81.9 cm³/mol. The molecule has 3 aliphatic rings. The fourth-order valence-electron chi connectivity index (χ4n) is 4.55. The fraction of sp³-hybridized carbons (Fsp3) is 0.667. The SMILES string of the molecule is C=C1CC[C@@H](OC(C)=O)[C@]2(C)C[C@H]3C(=O)OCC(C)=C3C[C@@H]12. The van der Waals surface area contributed by atoms with Crippen molar-refractivity contribution in [3.05, 3.63) is 23.3 Å². The van der Waals surface area contributed by atoms with Gasteiger partial charge in [0.2, 0.25) is 0 Å². The van der Waals surface area contributed by atoms with Crippen LogP contribution in [0.1, 0.15) is 46.5 Å². The Balaban J connectivity index is 1.98. The van der Waals surface area contributed by atoms with Gasteiger partial charge in [0.1, 0.15) is 12.7 Å². The molecule has 4 heteroatoms. The van der Waals surface area contributed by atoms with Crippen LogP contribution >= 0.6 is 0 Å². The van der Waals surface area contributed by atoms with Crippen LogP contribution in [0, 0.1) is 17.3 Å². The molecule has 2 aliphatic carbocycles. The van der Waals surface area contributed by atoms with Crippen molar-refractivity contribution in [2.75, 3.05) is 6.61 Å². The van der Waals surface area contributed by atoms with E-state index >= 15 is 0 Å². The van der Waals surface area contributed by atoms with Gasteiger partial charge in [-0.3, -0.25) is 9.59 Å². The molecule has 3 rings (SSSR count). The van der Waals surface area contributed by atoms with E-state index in [2.05, 4.69) is 13.5 Å². The summed E-state index contributed by atoms with van der Waals surface area (Å²) >= 11 is 0. The molecular weight excluding hydrogens is 280 g/mol. The zero-order valence-electron chi connectivity index (χ0n) is 13.6. The van der Waals surface area contributed by atoms with Crippen molar-refractivity contribution in [3.8, 4) is 0 Å². The minimum Gasteiger partial charge on any atom is -0.462 e. The van der Waals surface area contributed by atoms with Crippen LogP contribution in [0.3, 0.4) is 0 Å². The van der Waals surface area contributed by atoms with Gasteiger partial charge in [-0.05, 0) is 44.1 Å². The van der Waals surface area contributed by atoms with E-state index in [-0.39, 0.29) is 35.3 Å². The zero-order chi connectivity index (χ0) is 16.1. The van der Waals surface area contributed by atoms with E-state index in [9.17, 15) is 9.59 Å². The van der Waals surface area contributed by atoms with Crippen molar-refractivity contribution in [2.45, 2.75) is 52.6 Å². The first-order valence-electron chi connectivity index (χ1n) is 8.03. The minimum absolute atomic E-state index is 0.127. The molecule has 4 atom stereocenters. The lowest BCUT2D eigenvalue weighted by Crippen LogP contribution is -2.51. The van der Waals surface area contributed by atoms with Crippen molar-refractivity contribution < 1.29 is 19.1 Å². The van der Waals surface area contributed by atoms with Gasteiger partial charge in [0, 0.05) is 12.3 Å². The highest BCUT2D eigenvalue weighted by Crippen LogP contribution is 2.57. The largest absolute Gasteiger partial charge is 0.462 e. The Labute approximate surface area is 131 Å². The Hall–Kier alpha value is -1.58. The molecular formula is C18H24O4. The number of rotatable bonds is 1. The van der Waals surface area contributed by atoms with Gasteiger partial charge in [0.15, 0.2) is 0 Å². The van der Waals surface area contributed by atoms with E-state index < -0.39 is 0 Å². The molecule has 22 heavy (non-hydrogen) atoms. The van der Waals surface area contributed by atoms with Crippen LogP contribution in [0.25, 0.3) is 0 Å². The van der Waals surface area contributed by atoms with Gasteiger partial charge in [-0.1, -0.05) is 24.6 Å². The molecule has 0 N–H and O–H groups in total. The minimum atomic E-state index is -0.249. The summed E-state index contributed by atoms with van der Waals surface area (Å²) in [5.41, 5.74) is 3.40. The molecule has 0 aromatic carbocycles. The lowest BCUT2D eigenvalue weighted by Gasteiger charge is -2.53. The molecule has 0 aromatic rings. The molecule has 120 valence electrons. The van der Waals surface area contributed by atoms with Crippen molar-refractivity contribution in [1.29, 1.82) is 0 Å². The number of allylic oxidation sites excluding steroid dienone is 1. The quantitative estimate of drug-likeness (QED) is 0.551. The van der Waals surface area contributed by atoms with Crippen LogP contribution in [-0.2, 0) is 19.1 Å². The smallest absolute Gasteiger partial charge is 0.313 e. The molecule has 2 fully saturated rings. The van der Waals surface area contributed by atoms with Gasteiger partial charge in [-0.2, -0.15) is 0 Å². The third-order valence-electron chi connectivity index (χ3n) is 5.81. The van der Waals surface area contributed by atoms with E-state index in [0.717, 1.165) is 19.3 Å². The molecule has 0 bridgehead atoms. The van der Waals surface area contributed by atoms with Crippen LogP contribution in [0.5, 0.6) is 0 Å². The molecule has 0 aromatic heterocycles. The van der Waals surface area contributed by atoms with Crippen LogP contribution < -0.4 is 0 Å². The summed E-state index contributed by atoms with van der Waals surface area (Å²) in [5.74, 6) is -0.282. The van der Waals surface area contributed by atoms with Gasteiger partial charge in [-0.15, -0.1) is 0 Å². The second kappa shape index (κ2) is 5.25. The number of cyclic esters (lactones) is 1. The predicted octanol–water partition coefficient (Wildman–Crippen LogP) is 3.17. The van der Waals surface area contributed by atoms with Crippen molar-refractivity contribution in [1.82, 2.24) is 0 Å². The van der Waals surface area contributed by atoms with Crippen LogP contribution in [0.2, 0.25) is 0 Å². The average molecular weight is 304 g/mol. The second-order valence-electron chi connectivity index (χ2n) is 7.23. The first-order chi connectivity index (χ1) is 10.3. The highest BCUT2D eigenvalue weighted by atomic mass is 16.5. The molecule has 1 aliphatic heterocycles. The zero-order valence-corrected chi connectivity index (χ0v) is 13.6. The summed E-state index contributed by atoms with van der Waals surface area (Å²) in [6.45, 7) is 10.3. The molecule has 4 nitrogen and oxygen atoms in total. The van der Waals surface area contributed by atoms with E-state index in [1.54, 1.807) is 0 Å². The number of esters is 2. The second-order valence-corrected chi connectivity index (χ2v) is 7.23. The van der Waals surface area contributed by atoms with E-state index in [4.69, 9.17) is 9.47 Å². The van der Waals surface area contributed by atoms with Gasteiger partial charge in [0.25, 0.3) is 0 Å². The first-order valence-corrected chi connectivity index (χ1v) is 8.03. The number of fused-ring (bicyclic) bond motifs is 2. The normalized spacial score (nSPS) is 38.0. The van der Waals surface area contributed by atoms with Gasteiger partial charge >= 0.3 is 11.9 Å². The molecule has 1 heterocycles. The van der Waals surface area contributed by atoms with Crippen molar-refractivity contribution in [2.24, 2.45) is 17.3 Å². The third-order valence-corrected chi connectivity index (χ3v) is 5.81. The molecule has 0 amide bonds. The summed E-state index contributed by atoms with van der Waals surface area (Å²) in [4.78, 5) is 23.7. The van der Waals surface area contributed by atoms with Crippen molar-refractivity contribution >= 4 is 11.9 Å². The maximum Gasteiger partial charge on any atom is 0.313 e. The number of hydrogen-bond donors (Lipinski definition) is 0. The highest BCUT2D eigenvalue weighted by Gasteiger charge is 2.54. The molecule has 0 saturated heterocycles. The van der Waals surface area contributed by atoms with Crippen LogP contribution in [0.4, 0.5) is 0 Å². The van der Waals surface area contributed by atoms with Crippen LogP contribution in [-0.4, -0.2) is 24.6 Å². The van der Waals surface area contributed by atoms with Gasteiger partial charge in [-0.25, -0.2) is 0 Å². The average Bonchev–Trinajstić information content (AvgIpc) is 2.45. The number of carbonyl (C=O) groups excluding carboxylic acids is 2. The Morgan fingerprint density at radius 1 is 1.45 bits per heavy atom. The fourth-order valence-corrected chi connectivity index (χ4v) is 4.55. The summed E-state index contributed by atoms with van der Waals surface area (Å²) in [5, 5.41) is 0. The highest BCUT2D eigenvalue weighted by molar-refractivity contribution is 5.78. The topological polar surface area (TPSA) is 52.6 Å². The Bertz CT molecular complexity index is 574. The van der Waals surface area contributed by atoms with Gasteiger partial charge < -0.3 is 9.47 Å². The summed E-state index contributed by atoms with van der Waals surface area (Å²) in [7, 11) is 0. The molecule has 0 unspecified atom stereocenters. The monoisotopic (exact) mass is 304 g/mol. The number of carbonyl (C=O) groups is 2. The number of ether oxygens (including phenoxy) is 2. The lowest BCUT2D eigenvalue weighted by atomic mass is 9.53. The molecule has 0 spiro atoms. The van der Waals surface area contributed by atoms with E-state index in [0.29, 0.717) is 13.0 Å². The maximum absolute atomic E-state index is 12.2. The summed E-state index contributed by atoms with van der Waals surface area (Å²) in [6.07, 6.45) is 3.07. The van der Waals surface area contributed by atoms with Gasteiger partial charge in [0.05, 0.1) is 5.92 Å². The van der Waals surface area contributed by atoms with Crippen LogP contribution in [0.15, 0.2) is 23.3 Å². The summed E-state index contributed by atoms with van der Waals surface area (Å²) in [6, 6.07) is 0. The van der Waals surface area contributed by atoms with Crippen molar-refractivity contribution in [3.63, 3.8) is 0 Å². The van der Waals surface area contributed by atoms with E-state index in [1.165, 1.54) is 23.6 Å². The lowest BCUT2D eigenvalue weighted by molar-refractivity contribution is -0.164. The molecule has 0 radical (unpaired) electrons. The molecule has 2 saturated carbocycles. The Morgan fingerprint density at radius 3 is 2.86 bits per heavy atom. The Morgan fingerprint density at radius 2 is 2.18 bits per heavy atom. The maximum atomic E-state index is 12.2. The Kier molecular flexibility index (Phi) is 3.66. The standard InChI is InChI=1S/C18H24O4/c1-10-5-6-16(22-12(3)19)18(4)8-14-13(7-15(10)18)11(2)9-21-17(14)20/h14-16H,1,5-9H2,2-4H3/t14-,15+,16-,18-/m1/s1.